The van der Waals surface area contributed by atoms with Crippen LogP contribution in [0.25, 0.3) is 11.0 Å². The first kappa shape index (κ1) is 16.2. The minimum atomic E-state index is 0.0964. The predicted octanol–water partition coefficient (Wildman–Crippen LogP) is 0.999. The maximum Gasteiger partial charge on any atom is 0.254 e. The molecule has 0 saturated carbocycles. The summed E-state index contributed by atoms with van der Waals surface area (Å²) < 4.78 is 0. The van der Waals surface area contributed by atoms with E-state index in [0.29, 0.717) is 6.04 Å². The van der Waals surface area contributed by atoms with Crippen molar-refractivity contribution in [2.75, 3.05) is 44.2 Å². The molecule has 0 unspecified atom stereocenters. The van der Waals surface area contributed by atoms with Crippen molar-refractivity contribution in [3.8, 4) is 0 Å². The number of amides is 1. The Morgan fingerprint density at radius 3 is 2.59 bits per heavy atom. The number of piperazine rings is 1. The molecule has 2 aliphatic rings. The molecule has 27 heavy (non-hydrogen) atoms. The smallest absolute Gasteiger partial charge is 0.254 e. The number of fused-ring (bicyclic) bond motifs is 1. The van der Waals surface area contributed by atoms with Gasteiger partial charge in [-0.1, -0.05) is 0 Å². The number of nitrogens with one attached hydrogen (secondary N) is 1. The van der Waals surface area contributed by atoms with Crippen LogP contribution in [0.4, 0.5) is 5.95 Å². The Morgan fingerprint density at radius 2 is 1.81 bits per heavy atom. The van der Waals surface area contributed by atoms with Crippen LogP contribution in [-0.4, -0.2) is 81.0 Å². The van der Waals surface area contributed by atoms with Gasteiger partial charge in [-0.25, -0.2) is 15.0 Å². The highest BCUT2D eigenvalue weighted by Crippen LogP contribution is 2.21. The van der Waals surface area contributed by atoms with Crippen LogP contribution in [0, 0.1) is 0 Å². The molecule has 1 amide bonds. The highest BCUT2D eigenvalue weighted by Gasteiger charge is 2.36. The number of H-pyrrole nitrogens is 1. The SMILES string of the molecule is O=C(c1ccc2nc[nH]c2c1)N1CC(N2CCN(c3ncccn3)CC2)C1. The molecule has 0 bridgehead atoms. The Morgan fingerprint density at radius 1 is 1.04 bits per heavy atom. The summed E-state index contributed by atoms with van der Waals surface area (Å²) >= 11 is 0. The number of hydrogen-bond acceptors (Lipinski definition) is 6. The van der Waals surface area contributed by atoms with Crippen LogP contribution in [-0.2, 0) is 0 Å². The zero-order valence-electron chi connectivity index (χ0n) is 15.0. The minimum absolute atomic E-state index is 0.0964. The molecule has 1 N–H and O–H groups in total. The van der Waals surface area contributed by atoms with Crippen molar-refractivity contribution in [3.63, 3.8) is 0 Å². The molecule has 4 heterocycles. The van der Waals surface area contributed by atoms with Crippen molar-refractivity contribution in [3.05, 3.63) is 48.5 Å². The maximum atomic E-state index is 12.7. The second-order valence-electron chi connectivity index (χ2n) is 7.07. The Labute approximate surface area is 156 Å². The fourth-order valence-corrected chi connectivity index (χ4v) is 3.84. The summed E-state index contributed by atoms with van der Waals surface area (Å²) in [6.07, 6.45) is 5.22. The lowest BCUT2D eigenvalue weighted by Gasteiger charge is -2.48. The Hall–Kier alpha value is -3.00. The second kappa shape index (κ2) is 6.62. The monoisotopic (exact) mass is 363 g/mol. The van der Waals surface area contributed by atoms with E-state index in [1.807, 2.05) is 29.2 Å². The normalized spacial score (nSPS) is 18.7. The van der Waals surface area contributed by atoms with Gasteiger partial charge in [-0.15, -0.1) is 0 Å². The van der Waals surface area contributed by atoms with Gasteiger partial charge >= 0.3 is 0 Å². The van der Waals surface area contributed by atoms with Crippen LogP contribution >= 0.6 is 0 Å². The van der Waals surface area contributed by atoms with Gasteiger partial charge < -0.3 is 14.8 Å². The fourth-order valence-electron chi connectivity index (χ4n) is 3.84. The average molecular weight is 363 g/mol. The highest BCUT2D eigenvalue weighted by molar-refractivity contribution is 5.97. The van der Waals surface area contributed by atoms with Gasteiger partial charge in [-0.05, 0) is 24.3 Å². The van der Waals surface area contributed by atoms with E-state index in [4.69, 9.17) is 0 Å². The molecule has 2 fully saturated rings. The summed E-state index contributed by atoms with van der Waals surface area (Å²) in [5.41, 5.74) is 2.50. The van der Waals surface area contributed by atoms with Crippen LogP contribution in [0.15, 0.2) is 43.0 Å². The molecule has 0 radical (unpaired) electrons. The van der Waals surface area contributed by atoms with Crippen molar-refractivity contribution >= 4 is 22.9 Å². The molecule has 138 valence electrons. The first-order chi connectivity index (χ1) is 13.3. The van der Waals surface area contributed by atoms with E-state index in [1.165, 1.54) is 0 Å². The summed E-state index contributed by atoms with van der Waals surface area (Å²) in [5.74, 6) is 0.899. The minimum Gasteiger partial charge on any atom is -0.345 e. The number of carbonyl (C=O) groups is 1. The molecule has 8 nitrogen and oxygen atoms in total. The van der Waals surface area contributed by atoms with E-state index < -0.39 is 0 Å². The molecule has 0 spiro atoms. The third-order valence-electron chi connectivity index (χ3n) is 5.48. The summed E-state index contributed by atoms with van der Waals surface area (Å²) in [4.78, 5) is 35.2. The van der Waals surface area contributed by atoms with Gasteiger partial charge in [-0.2, -0.15) is 0 Å². The number of hydrogen-bond donors (Lipinski definition) is 1. The van der Waals surface area contributed by atoms with E-state index in [2.05, 4.69) is 29.7 Å². The van der Waals surface area contributed by atoms with E-state index in [1.54, 1.807) is 18.7 Å². The summed E-state index contributed by atoms with van der Waals surface area (Å²) in [7, 11) is 0. The first-order valence-corrected chi connectivity index (χ1v) is 9.26. The molecule has 2 aliphatic heterocycles. The van der Waals surface area contributed by atoms with E-state index in [-0.39, 0.29) is 5.91 Å². The first-order valence-electron chi connectivity index (χ1n) is 9.26. The topological polar surface area (TPSA) is 81.3 Å². The molecule has 8 heteroatoms. The molecular weight excluding hydrogens is 342 g/mol. The number of aromatic nitrogens is 4. The Bertz CT molecular complexity index is 943. The number of rotatable bonds is 3. The molecule has 5 rings (SSSR count). The summed E-state index contributed by atoms with van der Waals surface area (Å²) in [5, 5.41) is 0. The zero-order valence-corrected chi connectivity index (χ0v) is 15.0. The summed E-state index contributed by atoms with van der Waals surface area (Å²) in [6, 6.07) is 7.92. The van der Waals surface area contributed by atoms with Crippen molar-refractivity contribution in [2.45, 2.75) is 6.04 Å². The Kier molecular flexibility index (Phi) is 3.97. The van der Waals surface area contributed by atoms with Gasteiger partial charge in [0.15, 0.2) is 0 Å². The molecular formula is C19H21N7O. The Balaban J connectivity index is 1.16. The van der Waals surface area contributed by atoms with Gasteiger partial charge in [0, 0.05) is 63.3 Å². The summed E-state index contributed by atoms with van der Waals surface area (Å²) in [6.45, 7) is 5.38. The predicted molar refractivity (Wildman–Crippen MR) is 102 cm³/mol. The number of benzene rings is 1. The molecule has 3 aromatic rings. The van der Waals surface area contributed by atoms with Crippen molar-refractivity contribution in [1.29, 1.82) is 0 Å². The largest absolute Gasteiger partial charge is 0.345 e. The zero-order chi connectivity index (χ0) is 18.2. The number of carbonyl (C=O) groups excluding carboxylic acids is 1. The van der Waals surface area contributed by atoms with Gasteiger partial charge in [0.25, 0.3) is 5.91 Å². The molecule has 0 atom stereocenters. The van der Waals surface area contributed by atoms with Crippen molar-refractivity contribution < 1.29 is 4.79 Å². The third-order valence-corrected chi connectivity index (χ3v) is 5.48. The second-order valence-corrected chi connectivity index (χ2v) is 7.07. The third kappa shape index (κ3) is 3.02. The lowest BCUT2D eigenvalue weighted by Crippen LogP contribution is -2.64. The fraction of sp³-hybridized carbons (Fsp3) is 0.368. The molecule has 2 aromatic heterocycles. The van der Waals surface area contributed by atoms with Crippen LogP contribution in [0.3, 0.4) is 0 Å². The average Bonchev–Trinajstić information content (AvgIpc) is 3.16. The number of imidazole rings is 1. The molecule has 0 aliphatic carbocycles. The van der Waals surface area contributed by atoms with Gasteiger partial charge in [0.1, 0.15) is 0 Å². The van der Waals surface area contributed by atoms with Crippen LogP contribution < -0.4 is 4.90 Å². The maximum absolute atomic E-state index is 12.7. The quantitative estimate of drug-likeness (QED) is 0.748. The van der Waals surface area contributed by atoms with E-state index in [9.17, 15) is 4.79 Å². The number of nitrogens with zero attached hydrogens (tertiary/aromatic N) is 6. The lowest BCUT2D eigenvalue weighted by atomic mass is 10.0. The molecule has 1 aromatic carbocycles. The van der Waals surface area contributed by atoms with E-state index in [0.717, 1.165) is 61.8 Å². The highest BCUT2D eigenvalue weighted by atomic mass is 16.2. The number of aromatic amines is 1. The lowest BCUT2D eigenvalue weighted by molar-refractivity contribution is 0.0246. The van der Waals surface area contributed by atoms with Crippen LogP contribution in [0.1, 0.15) is 10.4 Å². The van der Waals surface area contributed by atoms with Gasteiger partial charge in [0.05, 0.1) is 17.4 Å². The number of likely N-dealkylation sites (tertiary alicyclic amines) is 1. The van der Waals surface area contributed by atoms with Gasteiger partial charge in [0.2, 0.25) is 5.95 Å². The standard InChI is InChI=1S/C19H21N7O/c27-18(14-2-3-16-17(10-14)23-13-22-16)26-11-15(12-26)24-6-8-25(9-7-24)19-20-4-1-5-21-19/h1-5,10,13,15H,6-9,11-12H2,(H,22,23). The van der Waals surface area contributed by atoms with Crippen molar-refractivity contribution in [1.82, 2.24) is 29.7 Å². The van der Waals surface area contributed by atoms with Crippen LogP contribution in [0.2, 0.25) is 0 Å². The van der Waals surface area contributed by atoms with Crippen LogP contribution in [0.5, 0.6) is 0 Å². The van der Waals surface area contributed by atoms with Crippen molar-refractivity contribution in [2.24, 2.45) is 0 Å². The van der Waals surface area contributed by atoms with E-state index >= 15 is 0 Å². The van der Waals surface area contributed by atoms with Gasteiger partial charge in [-0.3, -0.25) is 9.69 Å². The number of anilines is 1. The molecule has 2 saturated heterocycles.